The molecule has 0 atom stereocenters. The van der Waals surface area contributed by atoms with Gasteiger partial charge in [0.05, 0.1) is 0 Å². The number of thioether (sulfide) groups is 1. The molecule has 0 aromatic heterocycles. The second-order valence-electron chi connectivity index (χ2n) is 4.32. The number of anilines is 1. The van der Waals surface area contributed by atoms with Crippen molar-refractivity contribution < 1.29 is 4.39 Å². The van der Waals surface area contributed by atoms with E-state index >= 15 is 0 Å². The lowest BCUT2D eigenvalue weighted by Gasteiger charge is -2.06. The van der Waals surface area contributed by atoms with Crippen molar-refractivity contribution in [3.05, 3.63) is 65.0 Å². The summed E-state index contributed by atoms with van der Waals surface area (Å²) in [5, 5.41) is 0. The van der Waals surface area contributed by atoms with Crippen molar-refractivity contribution in [2.75, 3.05) is 5.73 Å². The van der Waals surface area contributed by atoms with E-state index in [0.29, 0.717) is 5.69 Å². The topological polar surface area (TPSA) is 26.0 Å². The normalized spacial score (nSPS) is 10.6. The zero-order chi connectivity index (χ0) is 13.0. The van der Waals surface area contributed by atoms with Gasteiger partial charge in [0.15, 0.2) is 0 Å². The lowest BCUT2D eigenvalue weighted by atomic mass is 10.2. The molecule has 2 N–H and O–H groups in total. The summed E-state index contributed by atoms with van der Waals surface area (Å²) in [6.07, 6.45) is 0. The van der Waals surface area contributed by atoms with Crippen LogP contribution in [-0.2, 0) is 11.5 Å². The number of hydrogen-bond donors (Lipinski definition) is 1. The molecule has 0 bridgehead atoms. The molecule has 0 radical (unpaired) electrons. The van der Waals surface area contributed by atoms with E-state index in [4.69, 9.17) is 5.73 Å². The Morgan fingerprint density at radius 2 is 1.94 bits per heavy atom. The molecule has 94 valence electrons. The molecule has 0 saturated heterocycles. The van der Waals surface area contributed by atoms with Crippen LogP contribution in [-0.4, -0.2) is 0 Å². The largest absolute Gasteiger partial charge is 0.398 e. The number of rotatable bonds is 4. The fourth-order valence-corrected chi connectivity index (χ4v) is 2.78. The Kier molecular flexibility index (Phi) is 4.26. The third-order valence-corrected chi connectivity index (χ3v) is 3.77. The van der Waals surface area contributed by atoms with Gasteiger partial charge in [-0.25, -0.2) is 4.39 Å². The van der Waals surface area contributed by atoms with Crippen molar-refractivity contribution in [3.63, 3.8) is 0 Å². The summed E-state index contributed by atoms with van der Waals surface area (Å²) in [7, 11) is 0. The first-order valence-electron chi connectivity index (χ1n) is 5.82. The lowest BCUT2D eigenvalue weighted by Crippen LogP contribution is -1.94. The molecular formula is C15H16FNS. The van der Waals surface area contributed by atoms with Gasteiger partial charge in [0.2, 0.25) is 0 Å². The highest BCUT2D eigenvalue weighted by atomic mass is 32.2. The second-order valence-corrected chi connectivity index (χ2v) is 5.31. The van der Waals surface area contributed by atoms with Crippen LogP contribution in [0.4, 0.5) is 10.1 Å². The summed E-state index contributed by atoms with van der Waals surface area (Å²) in [6.45, 7) is 2.09. The molecule has 2 aromatic rings. The number of nitrogens with two attached hydrogens (primary N) is 1. The molecule has 0 spiro atoms. The van der Waals surface area contributed by atoms with Gasteiger partial charge in [-0.3, -0.25) is 0 Å². The van der Waals surface area contributed by atoms with Gasteiger partial charge in [-0.05, 0) is 30.2 Å². The zero-order valence-electron chi connectivity index (χ0n) is 10.3. The number of nitrogen functional groups attached to an aromatic ring is 1. The summed E-state index contributed by atoms with van der Waals surface area (Å²) in [5.74, 6) is 1.47. The molecule has 0 aliphatic heterocycles. The van der Waals surface area contributed by atoms with Crippen LogP contribution in [0.3, 0.4) is 0 Å². The molecule has 0 saturated carbocycles. The molecule has 18 heavy (non-hydrogen) atoms. The smallest absolute Gasteiger partial charge is 0.125 e. The molecule has 1 nitrogen and oxygen atoms in total. The van der Waals surface area contributed by atoms with Gasteiger partial charge in [0.1, 0.15) is 5.82 Å². The van der Waals surface area contributed by atoms with Crippen molar-refractivity contribution >= 4 is 17.4 Å². The van der Waals surface area contributed by atoms with Gasteiger partial charge in [0, 0.05) is 17.2 Å². The minimum atomic E-state index is -0.278. The van der Waals surface area contributed by atoms with Crippen LogP contribution < -0.4 is 5.73 Å². The first-order chi connectivity index (χ1) is 8.65. The van der Waals surface area contributed by atoms with Crippen LogP contribution in [0.1, 0.15) is 16.7 Å². The Bertz CT molecular complexity index is 540. The fourth-order valence-electron chi connectivity index (χ4n) is 1.78. The summed E-state index contributed by atoms with van der Waals surface area (Å²) < 4.78 is 12.9. The fraction of sp³-hybridized carbons (Fsp3) is 0.200. The summed E-state index contributed by atoms with van der Waals surface area (Å²) in [6, 6.07) is 13.0. The standard InChI is InChI=1S/C15H16FNS/c1-11-3-2-4-12(7-11)9-18-10-13-5-6-14(16)8-15(13)17/h2-8H,9-10,17H2,1H3. The van der Waals surface area contributed by atoms with Crippen LogP contribution in [0.25, 0.3) is 0 Å². The molecule has 0 unspecified atom stereocenters. The minimum absolute atomic E-state index is 0.278. The lowest BCUT2D eigenvalue weighted by molar-refractivity contribution is 0.628. The van der Waals surface area contributed by atoms with Crippen LogP contribution in [0.15, 0.2) is 42.5 Å². The van der Waals surface area contributed by atoms with Gasteiger partial charge in [-0.15, -0.1) is 0 Å². The maximum Gasteiger partial charge on any atom is 0.125 e. The minimum Gasteiger partial charge on any atom is -0.398 e. The molecule has 0 fully saturated rings. The van der Waals surface area contributed by atoms with Crippen LogP contribution in [0.5, 0.6) is 0 Å². The van der Waals surface area contributed by atoms with E-state index < -0.39 is 0 Å². The Morgan fingerprint density at radius 1 is 1.11 bits per heavy atom. The molecule has 2 rings (SSSR count). The maximum atomic E-state index is 12.9. The highest BCUT2D eigenvalue weighted by Crippen LogP contribution is 2.22. The Balaban J connectivity index is 1.92. The summed E-state index contributed by atoms with van der Waals surface area (Å²) in [4.78, 5) is 0. The van der Waals surface area contributed by atoms with E-state index in [-0.39, 0.29) is 5.82 Å². The summed E-state index contributed by atoms with van der Waals surface area (Å²) in [5.41, 5.74) is 9.88. The third kappa shape index (κ3) is 3.50. The first kappa shape index (κ1) is 13.0. The Hall–Kier alpha value is -1.48. The summed E-state index contributed by atoms with van der Waals surface area (Å²) >= 11 is 1.79. The number of benzene rings is 2. The van der Waals surface area contributed by atoms with Crippen molar-refractivity contribution in [2.45, 2.75) is 18.4 Å². The van der Waals surface area contributed by atoms with Gasteiger partial charge >= 0.3 is 0 Å². The van der Waals surface area contributed by atoms with Crippen LogP contribution in [0, 0.1) is 12.7 Å². The Labute approximate surface area is 111 Å². The van der Waals surface area contributed by atoms with Gasteiger partial charge in [0.25, 0.3) is 0 Å². The van der Waals surface area contributed by atoms with E-state index in [0.717, 1.165) is 17.1 Å². The van der Waals surface area contributed by atoms with E-state index in [1.807, 2.05) is 0 Å². The van der Waals surface area contributed by atoms with Crippen molar-refractivity contribution in [3.8, 4) is 0 Å². The monoisotopic (exact) mass is 261 g/mol. The van der Waals surface area contributed by atoms with E-state index in [1.165, 1.54) is 23.3 Å². The zero-order valence-corrected chi connectivity index (χ0v) is 11.1. The predicted molar refractivity (Wildman–Crippen MR) is 77.0 cm³/mol. The molecule has 0 amide bonds. The predicted octanol–water partition coefficient (Wildman–Crippen LogP) is 4.15. The molecule has 2 aromatic carbocycles. The molecule has 3 heteroatoms. The van der Waals surface area contributed by atoms with Gasteiger partial charge < -0.3 is 5.73 Å². The van der Waals surface area contributed by atoms with Gasteiger partial charge in [-0.2, -0.15) is 11.8 Å². The first-order valence-corrected chi connectivity index (χ1v) is 6.98. The molecule has 0 aliphatic rings. The average molecular weight is 261 g/mol. The van der Waals surface area contributed by atoms with E-state index in [2.05, 4.69) is 31.2 Å². The third-order valence-electron chi connectivity index (χ3n) is 2.72. The highest BCUT2D eigenvalue weighted by molar-refractivity contribution is 7.97. The van der Waals surface area contributed by atoms with Crippen molar-refractivity contribution in [1.82, 2.24) is 0 Å². The highest BCUT2D eigenvalue weighted by Gasteiger charge is 2.01. The van der Waals surface area contributed by atoms with Crippen LogP contribution >= 0.6 is 11.8 Å². The quantitative estimate of drug-likeness (QED) is 0.837. The molecule has 0 aliphatic carbocycles. The SMILES string of the molecule is Cc1cccc(CSCc2ccc(F)cc2N)c1. The Morgan fingerprint density at radius 3 is 2.67 bits per heavy atom. The number of aryl methyl sites for hydroxylation is 1. The van der Waals surface area contributed by atoms with Crippen molar-refractivity contribution in [2.24, 2.45) is 0 Å². The van der Waals surface area contributed by atoms with Gasteiger partial charge in [-0.1, -0.05) is 35.9 Å². The maximum absolute atomic E-state index is 12.9. The average Bonchev–Trinajstić information content (AvgIpc) is 2.32. The molecule has 0 heterocycles. The van der Waals surface area contributed by atoms with Crippen molar-refractivity contribution in [1.29, 1.82) is 0 Å². The van der Waals surface area contributed by atoms with E-state index in [9.17, 15) is 4.39 Å². The number of halogens is 1. The second kappa shape index (κ2) is 5.91. The van der Waals surface area contributed by atoms with Crippen LogP contribution in [0.2, 0.25) is 0 Å². The molecular weight excluding hydrogens is 245 g/mol. The van der Waals surface area contributed by atoms with E-state index in [1.54, 1.807) is 17.8 Å². The number of hydrogen-bond acceptors (Lipinski definition) is 2.